The molecule has 0 unspecified atom stereocenters. The van der Waals surface area contributed by atoms with Crippen LogP contribution in [0.4, 0.5) is 11.4 Å². The Balaban J connectivity index is 1.25. The molecular weight excluding hydrogens is 562 g/mol. The second kappa shape index (κ2) is 11.2. The van der Waals surface area contributed by atoms with Crippen molar-refractivity contribution in [2.75, 3.05) is 4.90 Å². The van der Waals surface area contributed by atoms with Crippen molar-refractivity contribution in [2.24, 2.45) is 0 Å². The first-order valence-electron chi connectivity index (χ1n) is 16.4. The summed E-state index contributed by atoms with van der Waals surface area (Å²) in [5, 5.41) is 0. The molecule has 230 valence electrons. The Morgan fingerprint density at radius 1 is 0.543 bits per heavy atom. The molecule has 7 rings (SSSR count). The van der Waals surface area contributed by atoms with Crippen LogP contribution in [0, 0.1) is 27.7 Å². The van der Waals surface area contributed by atoms with E-state index in [2.05, 4.69) is 69.0 Å². The fraction of sp³-hybridized carbons (Fsp3) is 0.256. The van der Waals surface area contributed by atoms with Crippen molar-refractivity contribution >= 4 is 22.9 Å². The van der Waals surface area contributed by atoms with Crippen LogP contribution < -0.4 is 4.90 Å². The minimum Gasteiger partial charge on any atom is -0.338 e. The highest BCUT2D eigenvalue weighted by Crippen LogP contribution is 2.54. The molecule has 0 saturated heterocycles. The van der Waals surface area contributed by atoms with Gasteiger partial charge < -0.3 is 4.90 Å². The Hall–Kier alpha value is -4.76. The number of benzene rings is 5. The number of fused-ring (bicyclic) bond motifs is 2. The lowest BCUT2D eigenvalue weighted by Crippen LogP contribution is -2.45. The van der Waals surface area contributed by atoms with E-state index in [9.17, 15) is 9.59 Å². The van der Waals surface area contributed by atoms with Crippen molar-refractivity contribution in [2.45, 2.75) is 71.8 Å². The predicted molar refractivity (Wildman–Crippen MR) is 188 cm³/mol. The van der Waals surface area contributed by atoms with Gasteiger partial charge in [0, 0.05) is 45.1 Å². The van der Waals surface area contributed by atoms with Crippen LogP contribution in [0.1, 0.15) is 103 Å². The summed E-state index contributed by atoms with van der Waals surface area (Å²) in [4.78, 5) is 30.1. The predicted octanol–water partition coefficient (Wildman–Crippen LogP) is 10.1. The van der Waals surface area contributed by atoms with E-state index >= 15 is 0 Å². The molecule has 46 heavy (non-hydrogen) atoms. The molecule has 0 aromatic heterocycles. The average Bonchev–Trinajstić information content (AvgIpc) is 3.02. The number of ketones is 2. The van der Waals surface area contributed by atoms with Crippen molar-refractivity contribution < 1.29 is 9.59 Å². The van der Waals surface area contributed by atoms with Gasteiger partial charge in [0.1, 0.15) is 0 Å². The summed E-state index contributed by atoms with van der Waals surface area (Å²) in [6, 6.07) is 35.3. The van der Waals surface area contributed by atoms with Crippen LogP contribution in [0.3, 0.4) is 0 Å². The van der Waals surface area contributed by atoms with Gasteiger partial charge in [-0.15, -0.1) is 0 Å². The fourth-order valence-electron chi connectivity index (χ4n) is 7.35. The number of rotatable bonds is 6. The number of carbonyl (C=O) groups is 2. The normalized spacial score (nSPS) is 17.9. The Bertz CT molecular complexity index is 1860. The minimum atomic E-state index is -0.0989. The first-order chi connectivity index (χ1) is 22.0. The SMILES string of the molecule is Cc1ccc(C(=O)c2cc(C(=O)c3ccc(C)cc3)cc(C3CC(N4c5ccc(C)cc5C(C)(C)c5cc(C)ccc54)C3)c2)cc1. The first kappa shape index (κ1) is 29.9. The van der Waals surface area contributed by atoms with E-state index in [0.717, 1.165) is 29.5 Å². The maximum absolute atomic E-state index is 13.8. The van der Waals surface area contributed by atoms with Gasteiger partial charge in [-0.1, -0.05) is 109 Å². The summed E-state index contributed by atoms with van der Waals surface area (Å²) in [5.41, 5.74) is 13.4. The molecule has 5 aromatic rings. The third-order valence-corrected chi connectivity index (χ3v) is 10.2. The van der Waals surface area contributed by atoms with Crippen LogP contribution >= 0.6 is 0 Å². The van der Waals surface area contributed by atoms with Gasteiger partial charge in [-0.05, 0) is 93.5 Å². The lowest BCUT2D eigenvalue weighted by Gasteiger charge is -2.50. The number of hydrogen-bond acceptors (Lipinski definition) is 3. The summed E-state index contributed by atoms with van der Waals surface area (Å²) >= 11 is 0. The quantitative estimate of drug-likeness (QED) is 0.181. The maximum Gasteiger partial charge on any atom is 0.193 e. The smallest absolute Gasteiger partial charge is 0.193 e. The molecule has 0 radical (unpaired) electrons. The monoisotopic (exact) mass is 603 g/mol. The molecule has 0 atom stereocenters. The summed E-state index contributed by atoms with van der Waals surface area (Å²) in [7, 11) is 0. The van der Waals surface area contributed by atoms with E-state index in [1.807, 2.05) is 74.5 Å². The van der Waals surface area contributed by atoms with E-state index in [4.69, 9.17) is 0 Å². The van der Waals surface area contributed by atoms with Crippen LogP contribution in [-0.2, 0) is 5.41 Å². The number of carbonyl (C=O) groups excluding carboxylic acids is 2. The Morgan fingerprint density at radius 2 is 0.957 bits per heavy atom. The largest absolute Gasteiger partial charge is 0.338 e. The van der Waals surface area contributed by atoms with Gasteiger partial charge in [0.2, 0.25) is 0 Å². The lowest BCUT2D eigenvalue weighted by atomic mass is 9.69. The summed E-state index contributed by atoms with van der Waals surface area (Å²) in [6.07, 6.45) is 1.89. The van der Waals surface area contributed by atoms with Gasteiger partial charge in [0.25, 0.3) is 0 Å². The zero-order chi connectivity index (χ0) is 32.3. The third-order valence-electron chi connectivity index (χ3n) is 10.2. The third kappa shape index (κ3) is 5.18. The van der Waals surface area contributed by atoms with Gasteiger partial charge in [-0.2, -0.15) is 0 Å². The van der Waals surface area contributed by atoms with Gasteiger partial charge in [-0.3, -0.25) is 9.59 Å². The summed E-state index contributed by atoms with van der Waals surface area (Å²) in [5.74, 6) is 0.142. The fourth-order valence-corrected chi connectivity index (χ4v) is 7.35. The topological polar surface area (TPSA) is 37.4 Å². The zero-order valence-corrected chi connectivity index (χ0v) is 27.6. The summed E-state index contributed by atoms with van der Waals surface area (Å²) < 4.78 is 0. The molecule has 0 bridgehead atoms. The van der Waals surface area contributed by atoms with E-state index in [-0.39, 0.29) is 22.9 Å². The standard InChI is InChI=1S/C43H41NO2/c1-26-7-13-30(14-8-26)41(45)34-21-32(22-35(23-34)42(46)31-15-9-27(2)10-16-31)33-24-36(25-33)44-39-17-11-28(3)19-37(39)43(5,6)38-20-29(4)12-18-40(38)44/h7-23,33,36H,24-25H2,1-6H3. The Labute approximate surface area is 272 Å². The highest BCUT2D eigenvalue weighted by Gasteiger charge is 2.43. The van der Waals surface area contributed by atoms with Crippen molar-refractivity contribution in [1.82, 2.24) is 0 Å². The van der Waals surface area contributed by atoms with E-state index in [1.54, 1.807) is 6.07 Å². The molecule has 0 amide bonds. The second-order valence-electron chi connectivity index (χ2n) is 14.1. The molecule has 1 aliphatic heterocycles. The Morgan fingerprint density at radius 3 is 1.39 bits per heavy atom. The van der Waals surface area contributed by atoms with Gasteiger partial charge >= 0.3 is 0 Å². The van der Waals surface area contributed by atoms with Crippen LogP contribution in [-0.4, -0.2) is 17.6 Å². The highest BCUT2D eigenvalue weighted by atomic mass is 16.1. The van der Waals surface area contributed by atoms with Crippen molar-refractivity contribution in [3.63, 3.8) is 0 Å². The number of hydrogen-bond donors (Lipinski definition) is 0. The summed E-state index contributed by atoms with van der Waals surface area (Å²) in [6.45, 7) is 13.1. The molecule has 1 fully saturated rings. The molecule has 2 aliphatic rings. The molecular formula is C43H41NO2. The lowest BCUT2D eigenvalue weighted by molar-refractivity contribution is 0.103. The van der Waals surface area contributed by atoms with Crippen LogP contribution in [0.5, 0.6) is 0 Å². The number of aryl methyl sites for hydroxylation is 4. The minimum absolute atomic E-state index is 0.0532. The molecule has 0 spiro atoms. The Kier molecular flexibility index (Phi) is 7.31. The van der Waals surface area contributed by atoms with E-state index < -0.39 is 0 Å². The van der Waals surface area contributed by atoms with Gasteiger partial charge in [-0.25, -0.2) is 0 Å². The highest BCUT2D eigenvalue weighted by molar-refractivity contribution is 6.13. The van der Waals surface area contributed by atoms with Gasteiger partial charge in [0.05, 0.1) is 0 Å². The van der Waals surface area contributed by atoms with E-state index in [1.165, 1.54) is 33.6 Å². The van der Waals surface area contributed by atoms with Crippen molar-refractivity contribution in [1.29, 1.82) is 0 Å². The van der Waals surface area contributed by atoms with Crippen LogP contribution in [0.2, 0.25) is 0 Å². The van der Waals surface area contributed by atoms with E-state index in [0.29, 0.717) is 28.3 Å². The zero-order valence-electron chi connectivity index (χ0n) is 27.6. The van der Waals surface area contributed by atoms with Gasteiger partial charge in [0.15, 0.2) is 11.6 Å². The molecule has 1 aliphatic carbocycles. The molecule has 3 heteroatoms. The van der Waals surface area contributed by atoms with Crippen molar-refractivity contribution in [3.8, 4) is 0 Å². The maximum atomic E-state index is 13.8. The molecule has 3 nitrogen and oxygen atoms in total. The molecule has 1 saturated carbocycles. The average molecular weight is 604 g/mol. The van der Waals surface area contributed by atoms with Crippen LogP contribution in [0.25, 0.3) is 0 Å². The molecule has 0 N–H and O–H groups in total. The second-order valence-corrected chi connectivity index (χ2v) is 14.1. The number of nitrogens with zero attached hydrogens (tertiary/aromatic N) is 1. The molecule has 1 heterocycles. The van der Waals surface area contributed by atoms with Crippen molar-refractivity contribution in [3.05, 3.63) is 164 Å². The number of anilines is 2. The molecule has 5 aromatic carbocycles. The first-order valence-corrected chi connectivity index (χ1v) is 16.4. The van der Waals surface area contributed by atoms with Crippen LogP contribution in [0.15, 0.2) is 103 Å².